The third-order valence-electron chi connectivity index (χ3n) is 1.84. The minimum absolute atomic E-state index is 0.0235. The summed E-state index contributed by atoms with van der Waals surface area (Å²) in [6.45, 7) is 1.53. The van der Waals surface area contributed by atoms with Crippen molar-refractivity contribution in [2.75, 3.05) is 0 Å². The van der Waals surface area contributed by atoms with Crippen LogP contribution in [0.4, 0.5) is 0 Å². The lowest BCUT2D eigenvalue weighted by Gasteiger charge is -2.20. The Kier molecular flexibility index (Phi) is 2.10. The molecule has 0 saturated carbocycles. The number of rotatable bonds is 1. The van der Waals surface area contributed by atoms with Crippen LogP contribution in [0.15, 0.2) is 23.5 Å². The summed E-state index contributed by atoms with van der Waals surface area (Å²) in [6.07, 6.45) is 2.66. The van der Waals surface area contributed by atoms with Gasteiger partial charge in [0.15, 0.2) is 0 Å². The molecule has 12 heavy (non-hydrogen) atoms. The average Bonchev–Trinajstić information content (AvgIpc) is 1.97. The molecular formula is C7H8ClNO3. The molecular weight excluding hydrogens is 182 g/mol. The number of nitro groups is 1. The minimum Gasteiger partial charge on any atom is -0.508 e. The fourth-order valence-corrected chi connectivity index (χ4v) is 1.14. The minimum atomic E-state index is -1.56. The molecule has 4 nitrogen and oxygen atoms in total. The number of hydrogen-bond acceptors (Lipinski definition) is 3. The molecule has 1 rings (SSSR count). The number of hydrogen-bond donors (Lipinski definition) is 1. The Hall–Kier alpha value is -1.03. The fraction of sp³-hybridized carbons (Fsp3) is 0.429. The number of halogens is 1. The van der Waals surface area contributed by atoms with Gasteiger partial charge in [0.05, 0.1) is 6.42 Å². The third-order valence-corrected chi connectivity index (χ3v) is 2.43. The molecule has 1 unspecified atom stereocenters. The van der Waals surface area contributed by atoms with Gasteiger partial charge in [-0.05, 0) is 30.7 Å². The number of alkyl halides is 1. The summed E-state index contributed by atoms with van der Waals surface area (Å²) in [7, 11) is 0. The van der Waals surface area contributed by atoms with Crippen LogP contribution in [0.3, 0.4) is 0 Å². The lowest BCUT2D eigenvalue weighted by Crippen LogP contribution is -2.34. The lowest BCUT2D eigenvalue weighted by atomic mass is 9.99. The summed E-state index contributed by atoms with van der Waals surface area (Å²) in [4.78, 5) is 8.40. The van der Waals surface area contributed by atoms with Crippen molar-refractivity contribution in [3.63, 3.8) is 0 Å². The van der Waals surface area contributed by atoms with Crippen molar-refractivity contribution in [3.8, 4) is 0 Å². The van der Waals surface area contributed by atoms with Crippen molar-refractivity contribution in [2.45, 2.75) is 18.3 Å². The molecule has 1 atom stereocenters. The summed E-state index contributed by atoms with van der Waals surface area (Å²) in [5.74, 6) is 0.0330. The highest BCUT2D eigenvalue weighted by Crippen LogP contribution is 2.33. The molecule has 0 aromatic heterocycles. The topological polar surface area (TPSA) is 63.4 Å². The van der Waals surface area contributed by atoms with Crippen molar-refractivity contribution in [3.05, 3.63) is 33.6 Å². The van der Waals surface area contributed by atoms with Crippen LogP contribution in [0.5, 0.6) is 0 Å². The first-order valence-electron chi connectivity index (χ1n) is 3.38. The predicted molar refractivity (Wildman–Crippen MR) is 44.7 cm³/mol. The summed E-state index contributed by atoms with van der Waals surface area (Å²) in [5, 5.41) is 19.5. The maximum Gasteiger partial charge on any atom is 0.320 e. The van der Waals surface area contributed by atoms with Crippen LogP contribution in [0, 0.1) is 10.1 Å². The van der Waals surface area contributed by atoms with E-state index in [1.54, 1.807) is 0 Å². The van der Waals surface area contributed by atoms with Crippen LogP contribution < -0.4 is 0 Å². The van der Waals surface area contributed by atoms with E-state index in [4.69, 9.17) is 16.7 Å². The van der Waals surface area contributed by atoms with Gasteiger partial charge in [0.2, 0.25) is 0 Å². The standard InChI is InChI=1S/C7H8ClNO3/c1-5-4-6(10)2-3-7(5,8)9(11)12/h2,4,10H,3H2,1H3. The quantitative estimate of drug-likeness (QED) is 0.297. The second kappa shape index (κ2) is 2.79. The molecule has 0 fully saturated rings. The number of nitrogens with zero attached hydrogens (tertiary/aromatic N) is 1. The highest BCUT2D eigenvalue weighted by atomic mass is 35.5. The van der Waals surface area contributed by atoms with Crippen molar-refractivity contribution in [1.82, 2.24) is 0 Å². The van der Waals surface area contributed by atoms with Crippen molar-refractivity contribution in [2.24, 2.45) is 0 Å². The molecule has 1 N–H and O–H groups in total. The maximum absolute atomic E-state index is 10.5. The van der Waals surface area contributed by atoms with E-state index in [1.807, 2.05) is 0 Å². The SMILES string of the molecule is CC1=CC(O)=CCC1(Cl)[N+](=O)[O-]. The summed E-state index contributed by atoms with van der Waals surface area (Å²) in [5.41, 5.74) is 0.356. The van der Waals surface area contributed by atoms with Gasteiger partial charge < -0.3 is 5.11 Å². The van der Waals surface area contributed by atoms with Gasteiger partial charge in [0.25, 0.3) is 0 Å². The second-order valence-electron chi connectivity index (χ2n) is 2.68. The highest BCUT2D eigenvalue weighted by Gasteiger charge is 2.43. The summed E-state index contributed by atoms with van der Waals surface area (Å²) < 4.78 is 0. The Bertz CT molecular complexity index is 284. The Morgan fingerprint density at radius 1 is 1.83 bits per heavy atom. The molecule has 0 radical (unpaired) electrons. The molecule has 66 valence electrons. The largest absolute Gasteiger partial charge is 0.508 e. The highest BCUT2D eigenvalue weighted by molar-refractivity contribution is 6.24. The van der Waals surface area contributed by atoms with E-state index in [0.717, 1.165) is 0 Å². The second-order valence-corrected chi connectivity index (χ2v) is 3.30. The molecule has 0 aromatic carbocycles. The number of aliphatic hydroxyl groups excluding tert-OH is 1. The van der Waals surface area contributed by atoms with Gasteiger partial charge >= 0.3 is 5.00 Å². The van der Waals surface area contributed by atoms with Gasteiger partial charge in [-0.1, -0.05) is 0 Å². The Balaban J connectivity index is 3.01. The number of allylic oxidation sites excluding steroid dienone is 1. The van der Waals surface area contributed by atoms with E-state index in [0.29, 0.717) is 5.57 Å². The molecule has 0 aromatic rings. The molecule has 0 bridgehead atoms. The Morgan fingerprint density at radius 3 is 2.83 bits per heavy atom. The summed E-state index contributed by atoms with van der Waals surface area (Å²) in [6, 6.07) is 0. The average molecular weight is 190 g/mol. The number of aliphatic hydroxyl groups is 1. The van der Waals surface area contributed by atoms with E-state index >= 15 is 0 Å². The van der Waals surface area contributed by atoms with Crippen molar-refractivity contribution < 1.29 is 10.0 Å². The molecule has 1 aliphatic carbocycles. The zero-order valence-electron chi connectivity index (χ0n) is 6.45. The van der Waals surface area contributed by atoms with Gasteiger partial charge in [-0.25, -0.2) is 0 Å². The van der Waals surface area contributed by atoms with E-state index in [-0.39, 0.29) is 12.2 Å². The van der Waals surface area contributed by atoms with Crippen molar-refractivity contribution >= 4 is 11.6 Å². The molecule has 1 aliphatic rings. The smallest absolute Gasteiger partial charge is 0.320 e. The van der Waals surface area contributed by atoms with E-state index in [1.165, 1.54) is 19.1 Å². The van der Waals surface area contributed by atoms with Gasteiger partial charge in [0.1, 0.15) is 5.76 Å². The van der Waals surface area contributed by atoms with Crippen LogP contribution >= 0.6 is 11.6 Å². The monoisotopic (exact) mass is 189 g/mol. The van der Waals surface area contributed by atoms with Crippen LogP contribution in [-0.4, -0.2) is 15.0 Å². The lowest BCUT2D eigenvalue weighted by molar-refractivity contribution is -0.530. The van der Waals surface area contributed by atoms with E-state index in [9.17, 15) is 10.1 Å². The first-order chi connectivity index (χ1) is 5.47. The van der Waals surface area contributed by atoms with Crippen molar-refractivity contribution in [1.29, 1.82) is 0 Å². The molecule has 5 heteroatoms. The fourth-order valence-electron chi connectivity index (χ4n) is 1.01. The van der Waals surface area contributed by atoms with Gasteiger partial charge in [0, 0.05) is 10.5 Å². The Morgan fingerprint density at radius 2 is 2.42 bits per heavy atom. The first kappa shape index (κ1) is 9.06. The predicted octanol–water partition coefficient (Wildman–Crippen LogP) is 1.99. The van der Waals surface area contributed by atoms with Crippen LogP contribution in [0.1, 0.15) is 13.3 Å². The summed E-state index contributed by atoms with van der Waals surface area (Å²) >= 11 is 5.70. The normalized spacial score (nSPS) is 29.2. The van der Waals surface area contributed by atoms with E-state index < -0.39 is 9.92 Å². The molecule has 0 amide bonds. The third kappa shape index (κ3) is 1.30. The van der Waals surface area contributed by atoms with Crippen LogP contribution in [0.25, 0.3) is 0 Å². The van der Waals surface area contributed by atoms with E-state index in [2.05, 4.69) is 0 Å². The van der Waals surface area contributed by atoms with Gasteiger partial charge in [-0.2, -0.15) is 0 Å². The zero-order chi connectivity index (χ0) is 9.35. The molecule has 0 aliphatic heterocycles. The van der Waals surface area contributed by atoms with Gasteiger partial charge in [-0.15, -0.1) is 0 Å². The van der Waals surface area contributed by atoms with Gasteiger partial charge in [-0.3, -0.25) is 10.1 Å². The maximum atomic E-state index is 10.5. The van der Waals surface area contributed by atoms with Crippen LogP contribution in [-0.2, 0) is 0 Å². The molecule has 0 heterocycles. The Labute approximate surface area is 74.3 Å². The molecule has 0 saturated heterocycles. The first-order valence-corrected chi connectivity index (χ1v) is 3.76. The molecule has 0 spiro atoms. The van der Waals surface area contributed by atoms with Crippen LogP contribution in [0.2, 0.25) is 0 Å². The zero-order valence-corrected chi connectivity index (χ0v) is 7.21.